The molecule has 1 aromatic carbocycles. The highest BCUT2D eigenvalue weighted by Gasteiger charge is 2.24. The number of hydrogen-bond acceptors (Lipinski definition) is 3. The van der Waals surface area contributed by atoms with Crippen LogP contribution in [0.5, 0.6) is 0 Å². The van der Waals surface area contributed by atoms with Gasteiger partial charge in [0, 0.05) is 39.6 Å². The van der Waals surface area contributed by atoms with Crippen molar-refractivity contribution in [3.63, 3.8) is 0 Å². The molecule has 0 amide bonds. The second kappa shape index (κ2) is 6.92. The minimum atomic E-state index is -0.885. The molecule has 112 valence electrons. The number of hydrogen-bond donors (Lipinski definition) is 1. The average Bonchev–Trinajstić information content (AvgIpc) is 2.31. The topological polar surface area (TPSA) is 38.3 Å². The largest absolute Gasteiger partial charge is 0.382 e. The van der Waals surface area contributed by atoms with Crippen LogP contribution in [0.4, 0.5) is 5.69 Å². The third kappa shape index (κ3) is 4.47. The van der Waals surface area contributed by atoms with Crippen molar-refractivity contribution < 1.29 is 8.95 Å². The Labute approximate surface area is 128 Å². The first-order valence-electron chi connectivity index (χ1n) is 6.94. The third-order valence-electron chi connectivity index (χ3n) is 3.47. The second-order valence-corrected chi connectivity index (χ2v) is 7.44. The first-order valence-corrected chi connectivity index (χ1v) is 9.05. The van der Waals surface area contributed by atoms with Gasteiger partial charge in [0.05, 0.1) is 12.2 Å². The molecular formula is C15H22ClNO2S. The van der Waals surface area contributed by atoms with Crippen LogP contribution in [0.25, 0.3) is 0 Å². The number of benzene rings is 1. The molecule has 20 heavy (non-hydrogen) atoms. The monoisotopic (exact) mass is 315 g/mol. The highest BCUT2D eigenvalue weighted by molar-refractivity contribution is 7.83. The van der Waals surface area contributed by atoms with Gasteiger partial charge in [0.25, 0.3) is 0 Å². The first-order chi connectivity index (χ1) is 9.44. The molecule has 1 saturated heterocycles. The molecule has 0 aromatic heterocycles. The molecule has 1 N–H and O–H groups in total. The fraction of sp³-hybridized carbons (Fsp3) is 0.600. The van der Waals surface area contributed by atoms with E-state index >= 15 is 0 Å². The van der Waals surface area contributed by atoms with Crippen LogP contribution in [0.1, 0.15) is 32.3 Å². The van der Waals surface area contributed by atoms with Crippen LogP contribution in [0.2, 0.25) is 5.02 Å². The summed E-state index contributed by atoms with van der Waals surface area (Å²) in [7, 11) is -0.885. The van der Waals surface area contributed by atoms with Gasteiger partial charge in [-0.25, -0.2) is 0 Å². The molecule has 0 radical (unpaired) electrons. The van der Waals surface area contributed by atoms with Gasteiger partial charge in [0.15, 0.2) is 0 Å². The Morgan fingerprint density at radius 2 is 2.00 bits per heavy atom. The molecule has 3 nitrogen and oxygen atoms in total. The van der Waals surface area contributed by atoms with Gasteiger partial charge in [-0.15, -0.1) is 0 Å². The van der Waals surface area contributed by atoms with E-state index in [0.717, 1.165) is 24.1 Å². The summed E-state index contributed by atoms with van der Waals surface area (Å²) in [6.45, 7) is 4.22. The Morgan fingerprint density at radius 1 is 1.35 bits per heavy atom. The maximum atomic E-state index is 11.4. The van der Waals surface area contributed by atoms with Crippen molar-refractivity contribution in [1.82, 2.24) is 0 Å². The van der Waals surface area contributed by atoms with E-state index in [1.165, 1.54) is 0 Å². The van der Waals surface area contributed by atoms with Crippen LogP contribution >= 0.6 is 11.6 Å². The van der Waals surface area contributed by atoms with Crippen LogP contribution in [-0.4, -0.2) is 28.7 Å². The summed E-state index contributed by atoms with van der Waals surface area (Å²) in [5, 5.41) is 4.23. The molecule has 2 rings (SSSR count). The maximum Gasteiger partial charge on any atom is 0.0570 e. The van der Waals surface area contributed by atoms with Crippen LogP contribution in [0, 0.1) is 0 Å². The lowest BCUT2D eigenvalue weighted by molar-refractivity contribution is -0.0337. The van der Waals surface area contributed by atoms with E-state index in [9.17, 15) is 4.21 Å². The van der Waals surface area contributed by atoms with Gasteiger partial charge in [0.2, 0.25) is 0 Å². The Bertz CT molecular complexity index is 485. The molecule has 3 atom stereocenters. The average molecular weight is 316 g/mol. The highest BCUT2D eigenvalue weighted by Crippen LogP contribution is 2.26. The van der Waals surface area contributed by atoms with Gasteiger partial charge in [-0.1, -0.05) is 11.6 Å². The zero-order chi connectivity index (χ0) is 14.7. The Hall–Kier alpha value is -0.580. The molecule has 1 heterocycles. The number of ether oxygens (including phenoxy) is 1. The van der Waals surface area contributed by atoms with Crippen molar-refractivity contribution in [2.75, 3.05) is 11.6 Å². The van der Waals surface area contributed by atoms with Gasteiger partial charge >= 0.3 is 0 Å². The normalized spacial score (nSPS) is 28.1. The number of anilines is 1. The molecule has 1 fully saturated rings. The molecule has 0 aliphatic carbocycles. The van der Waals surface area contributed by atoms with Crippen molar-refractivity contribution in [1.29, 1.82) is 0 Å². The lowest BCUT2D eigenvalue weighted by Crippen LogP contribution is -2.36. The molecule has 1 aliphatic heterocycles. The van der Waals surface area contributed by atoms with Crippen LogP contribution in [-0.2, 0) is 21.3 Å². The molecule has 0 unspecified atom stereocenters. The smallest absolute Gasteiger partial charge is 0.0570 e. The number of halogens is 1. The van der Waals surface area contributed by atoms with Crippen molar-refractivity contribution in [3.05, 3.63) is 28.8 Å². The Kier molecular flexibility index (Phi) is 5.47. The zero-order valence-electron chi connectivity index (χ0n) is 12.2. The molecule has 1 aliphatic rings. The van der Waals surface area contributed by atoms with Crippen molar-refractivity contribution in [3.8, 4) is 0 Å². The predicted molar refractivity (Wildman–Crippen MR) is 85.9 cm³/mol. The minimum absolute atomic E-state index is 0.283. The second-order valence-electron chi connectivity index (χ2n) is 5.59. The molecule has 0 spiro atoms. The highest BCUT2D eigenvalue weighted by atomic mass is 35.5. The van der Waals surface area contributed by atoms with E-state index in [1.54, 1.807) is 6.26 Å². The van der Waals surface area contributed by atoms with Gasteiger partial charge < -0.3 is 10.1 Å². The molecule has 0 bridgehead atoms. The van der Waals surface area contributed by atoms with Crippen molar-refractivity contribution in [2.45, 2.75) is 50.7 Å². The summed E-state index contributed by atoms with van der Waals surface area (Å²) in [5.74, 6) is 0.495. The summed E-state index contributed by atoms with van der Waals surface area (Å²) in [6, 6.07) is 6.28. The van der Waals surface area contributed by atoms with Crippen LogP contribution in [0.3, 0.4) is 0 Å². The molecule has 0 saturated carbocycles. The van der Waals surface area contributed by atoms with Gasteiger partial charge in [0.1, 0.15) is 0 Å². The fourth-order valence-corrected chi connectivity index (χ4v) is 3.69. The fourth-order valence-electron chi connectivity index (χ4n) is 2.75. The van der Waals surface area contributed by atoms with E-state index in [-0.39, 0.29) is 12.2 Å². The Balaban J connectivity index is 2.07. The van der Waals surface area contributed by atoms with Crippen LogP contribution < -0.4 is 5.32 Å². The quantitative estimate of drug-likeness (QED) is 0.923. The molecule has 5 heteroatoms. The summed E-state index contributed by atoms with van der Waals surface area (Å²) in [5.41, 5.74) is 1.98. The first kappa shape index (κ1) is 15.8. The van der Waals surface area contributed by atoms with E-state index in [1.807, 2.05) is 18.2 Å². The van der Waals surface area contributed by atoms with Gasteiger partial charge in [-0.2, -0.15) is 0 Å². The number of nitrogens with one attached hydrogen (secondary N) is 1. The van der Waals surface area contributed by atoms with Crippen molar-refractivity contribution >= 4 is 28.1 Å². The van der Waals surface area contributed by atoms with E-state index in [0.29, 0.717) is 16.8 Å². The lowest BCUT2D eigenvalue weighted by atomic mass is 9.99. The van der Waals surface area contributed by atoms with E-state index in [2.05, 4.69) is 19.2 Å². The molecular weight excluding hydrogens is 294 g/mol. The summed E-state index contributed by atoms with van der Waals surface area (Å²) < 4.78 is 17.1. The maximum absolute atomic E-state index is 11.4. The zero-order valence-corrected chi connectivity index (χ0v) is 13.8. The lowest BCUT2D eigenvalue weighted by Gasteiger charge is -2.33. The number of rotatable bonds is 4. The van der Waals surface area contributed by atoms with E-state index in [4.69, 9.17) is 16.3 Å². The van der Waals surface area contributed by atoms with Gasteiger partial charge in [-0.05, 0) is 50.5 Å². The summed E-state index contributed by atoms with van der Waals surface area (Å²) >= 11 is 6.15. The molecule has 1 aromatic rings. The third-order valence-corrected chi connectivity index (χ3v) is 4.56. The van der Waals surface area contributed by atoms with E-state index < -0.39 is 10.8 Å². The van der Waals surface area contributed by atoms with Crippen LogP contribution in [0.15, 0.2) is 18.2 Å². The van der Waals surface area contributed by atoms with Crippen molar-refractivity contribution in [2.24, 2.45) is 0 Å². The summed E-state index contributed by atoms with van der Waals surface area (Å²) in [4.78, 5) is 0. The predicted octanol–water partition coefficient (Wildman–Crippen LogP) is 3.59. The SMILES string of the molecule is C[C@@H]1CC(Nc2ccc(Cl)c(C[S@](C)=O)c2)C[C@@H](C)O1. The standard InChI is InChI=1S/C15H22ClNO2S/c1-10-6-14(7-11(2)19-10)17-13-4-5-15(16)12(8-13)9-20(3)18/h4-5,8,10-11,14,17H,6-7,9H2,1-3H3/t10-,11-,20+/m1/s1. The Morgan fingerprint density at radius 3 is 2.60 bits per heavy atom. The minimum Gasteiger partial charge on any atom is -0.382 e. The van der Waals surface area contributed by atoms with Gasteiger partial charge in [-0.3, -0.25) is 4.21 Å². The summed E-state index contributed by atoms with van der Waals surface area (Å²) in [6.07, 6.45) is 4.26.